The zero-order valence-corrected chi connectivity index (χ0v) is 24.7. The topological polar surface area (TPSA) is 121 Å². The molecular weight excluding hydrogens is 480 g/mol. The minimum atomic E-state index is -0.683. The third-order valence-electron chi connectivity index (χ3n) is 7.25. The molecule has 3 amide bonds. The second kappa shape index (κ2) is 16.1. The molecule has 1 fully saturated rings. The molecule has 0 aliphatic carbocycles. The first kappa shape index (κ1) is 33.1. The van der Waals surface area contributed by atoms with Gasteiger partial charge in [0.05, 0.1) is 37.1 Å². The Labute approximate surface area is 229 Å². The van der Waals surface area contributed by atoms with Crippen molar-refractivity contribution in [2.45, 2.75) is 105 Å². The van der Waals surface area contributed by atoms with Crippen LogP contribution in [0.25, 0.3) is 0 Å². The summed E-state index contributed by atoms with van der Waals surface area (Å²) in [5, 5.41) is 21.0. The quantitative estimate of drug-likeness (QED) is 0.366. The van der Waals surface area contributed by atoms with Crippen LogP contribution in [0.5, 0.6) is 0 Å². The van der Waals surface area contributed by atoms with Crippen LogP contribution in [0.1, 0.15) is 80.6 Å². The number of hydrogen-bond acceptors (Lipinski definition) is 6. The van der Waals surface area contributed by atoms with E-state index in [0.29, 0.717) is 5.57 Å². The van der Waals surface area contributed by atoms with Gasteiger partial charge in [-0.2, -0.15) is 10.5 Å². The van der Waals surface area contributed by atoms with Gasteiger partial charge in [0.1, 0.15) is 6.04 Å². The summed E-state index contributed by atoms with van der Waals surface area (Å²) in [5.41, 5.74) is 0.458. The van der Waals surface area contributed by atoms with Gasteiger partial charge in [0, 0.05) is 31.8 Å². The lowest BCUT2D eigenvalue weighted by Gasteiger charge is -2.39. The van der Waals surface area contributed by atoms with E-state index >= 15 is 0 Å². The first-order valence-corrected chi connectivity index (χ1v) is 13.9. The number of piperidine rings is 1. The van der Waals surface area contributed by atoms with Crippen LogP contribution in [-0.4, -0.2) is 83.3 Å². The van der Waals surface area contributed by atoms with Crippen molar-refractivity contribution in [1.29, 1.82) is 10.5 Å². The third kappa shape index (κ3) is 9.44. The number of rotatable bonds is 13. The van der Waals surface area contributed by atoms with Crippen molar-refractivity contribution in [2.75, 3.05) is 26.7 Å². The average molecular weight is 529 g/mol. The number of carbonyl (C=O) groups is 3. The molecule has 0 unspecified atom stereocenters. The number of carbonyl (C=O) groups excluding carboxylic acids is 3. The van der Waals surface area contributed by atoms with Crippen LogP contribution >= 0.6 is 0 Å². The van der Waals surface area contributed by atoms with Gasteiger partial charge in [-0.05, 0) is 52.0 Å². The Hall–Kier alpha value is -2.91. The molecular formula is C29H48N6O3. The fourth-order valence-electron chi connectivity index (χ4n) is 5.00. The Morgan fingerprint density at radius 1 is 1.00 bits per heavy atom. The summed E-state index contributed by atoms with van der Waals surface area (Å²) in [6.45, 7) is 15.1. The van der Waals surface area contributed by atoms with Gasteiger partial charge in [0.25, 0.3) is 0 Å². The Balaban J connectivity index is 3.13. The minimum Gasteiger partial charge on any atom is -0.343 e. The van der Waals surface area contributed by atoms with Crippen molar-refractivity contribution in [2.24, 2.45) is 11.8 Å². The maximum atomic E-state index is 13.7. The van der Waals surface area contributed by atoms with Crippen LogP contribution < -0.4 is 5.32 Å². The Kier molecular flexibility index (Phi) is 14.1. The molecule has 0 aromatic carbocycles. The Bertz CT molecular complexity index is 896. The third-order valence-corrected chi connectivity index (χ3v) is 7.25. The van der Waals surface area contributed by atoms with E-state index in [1.165, 1.54) is 4.90 Å². The molecule has 1 heterocycles. The summed E-state index contributed by atoms with van der Waals surface area (Å²) >= 11 is 0. The maximum absolute atomic E-state index is 13.7. The first-order chi connectivity index (χ1) is 17.9. The van der Waals surface area contributed by atoms with E-state index in [1.54, 1.807) is 24.9 Å². The molecule has 0 spiro atoms. The number of amides is 3. The highest BCUT2D eigenvalue weighted by Crippen LogP contribution is 2.21. The van der Waals surface area contributed by atoms with Gasteiger partial charge >= 0.3 is 0 Å². The monoisotopic (exact) mass is 528 g/mol. The average Bonchev–Trinajstić information content (AvgIpc) is 2.88. The largest absolute Gasteiger partial charge is 0.343 e. The summed E-state index contributed by atoms with van der Waals surface area (Å²) in [6, 6.07) is 3.04. The van der Waals surface area contributed by atoms with Crippen LogP contribution in [0, 0.1) is 34.5 Å². The van der Waals surface area contributed by atoms with E-state index in [1.807, 2.05) is 39.8 Å². The molecule has 0 saturated carbocycles. The lowest BCUT2D eigenvalue weighted by atomic mass is 9.95. The van der Waals surface area contributed by atoms with Gasteiger partial charge in [0.2, 0.25) is 17.7 Å². The molecule has 0 radical (unpaired) electrons. The van der Waals surface area contributed by atoms with Gasteiger partial charge < -0.3 is 15.1 Å². The molecule has 1 aliphatic rings. The van der Waals surface area contributed by atoms with Crippen LogP contribution in [0.15, 0.2) is 11.6 Å². The molecule has 212 valence electrons. The number of nitriles is 2. The Morgan fingerprint density at radius 3 is 2.05 bits per heavy atom. The number of nitrogens with zero attached hydrogens (tertiary/aromatic N) is 5. The Morgan fingerprint density at radius 2 is 1.58 bits per heavy atom. The van der Waals surface area contributed by atoms with Crippen LogP contribution in [0.2, 0.25) is 0 Å². The van der Waals surface area contributed by atoms with E-state index in [9.17, 15) is 14.4 Å². The van der Waals surface area contributed by atoms with Crippen LogP contribution in [0.4, 0.5) is 0 Å². The second-order valence-electron chi connectivity index (χ2n) is 11.2. The predicted molar refractivity (Wildman–Crippen MR) is 148 cm³/mol. The van der Waals surface area contributed by atoms with Crippen molar-refractivity contribution in [3.63, 3.8) is 0 Å². The molecule has 1 N–H and O–H groups in total. The fraction of sp³-hybridized carbons (Fsp3) is 0.759. The molecule has 1 aliphatic heterocycles. The lowest BCUT2D eigenvalue weighted by Crippen LogP contribution is -2.58. The summed E-state index contributed by atoms with van der Waals surface area (Å²) in [4.78, 5) is 45.6. The van der Waals surface area contributed by atoms with Crippen molar-refractivity contribution < 1.29 is 14.4 Å². The molecule has 1 saturated heterocycles. The minimum absolute atomic E-state index is 0.0108. The summed E-state index contributed by atoms with van der Waals surface area (Å²) in [5.74, 6) is -0.649. The highest BCUT2D eigenvalue weighted by Gasteiger charge is 2.36. The van der Waals surface area contributed by atoms with Gasteiger partial charge in [-0.15, -0.1) is 0 Å². The van der Waals surface area contributed by atoms with Crippen LogP contribution in [0.3, 0.4) is 0 Å². The molecule has 3 atom stereocenters. The lowest BCUT2D eigenvalue weighted by molar-refractivity contribution is -0.140. The van der Waals surface area contributed by atoms with Gasteiger partial charge in [0.15, 0.2) is 0 Å². The molecule has 0 bridgehead atoms. The SMILES string of the molecule is CC(=C[C@H](C(C)C)N(C)C(=O)[C@@H](NC(=O)[C@H]1CCCCN1C(C)C)C(C)C)C(=O)N(CCC#N)CCC#N. The number of likely N-dealkylation sites (tertiary alicyclic amines) is 1. The van der Waals surface area contributed by atoms with Gasteiger partial charge in [-0.3, -0.25) is 19.3 Å². The summed E-state index contributed by atoms with van der Waals surface area (Å²) in [7, 11) is 1.72. The normalized spacial score (nSPS) is 18.0. The van der Waals surface area contributed by atoms with E-state index in [2.05, 4.69) is 24.1 Å². The van der Waals surface area contributed by atoms with Crippen LogP contribution in [-0.2, 0) is 14.4 Å². The first-order valence-electron chi connectivity index (χ1n) is 13.9. The molecule has 1 rings (SSSR count). The van der Waals surface area contributed by atoms with E-state index in [0.717, 1.165) is 25.8 Å². The van der Waals surface area contributed by atoms with Gasteiger partial charge in [-0.1, -0.05) is 40.2 Å². The standard InChI is InChI=1S/C29H48N6O3/c1-20(2)25(19-23(7)28(37)34(16-11-14-30)17-12-15-31)33(8)29(38)26(21(3)4)32-27(36)24-13-9-10-18-35(24)22(5)6/h19-22,24-26H,9-13,16-18H2,1-8H3,(H,32,36)/t24-,25-,26+/m1/s1. The molecule has 0 aromatic rings. The maximum Gasteiger partial charge on any atom is 0.249 e. The molecule has 9 nitrogen and oxygen atoms in total. The number of nitrogens with one attached hydrogen (secondary N) is 1. The predicted octanol–water partition coefficient (Wildman–Crippen LogP) is 3.48. The summed E-state index contributed by atoms with van der Waals surface area (Å²) < 4.78 is 0. The van der Waals surface area contributed by atoms with Crippen molar-refractivity contribution in [1.82, 2.24) is 20.0 Å². The molecule has 38 heavy (non-hydrogen) atoms. The molecule has 9 heteroatoms. The smallest absolute Gasteiger partial charge is 0.249 e. The van der Waals surface area contributed by atoms with E-state index in [-0.39, 0.29) is 73.6 Å². The van der Waals surface area contributed by atoms with E-state index in [4.69, 9.17) is 10.5 Å². The van der Waals surface area contributed by atoms with Crippen molar-refractivity contribution >= 4 is 17.7 Å². The second-order valence-corrected chi connectivity index (χ2v) is 11.2. The van der Waals surface area contributed by atoms with E-state index < -0.39 is 6.04 Å². The van der Waals surface area contributed by atoms with Crippen molar-refractivity contribution in [3.05, 3.63) is 11.6 Å². The van der Waals surface area contributed by atoms with Gasteiger partial charge in [-0.25, -0.2) is 0 Å². The zero-order chi connectivity index (χ0) is 29.0. The fourth-order valence-corrected chi connectivity index (χ4v) is 5.00. The van der Waals surface area contributed by atoms with Crippen molar-refractivity contribution in [3.8, 4) is 12.1 Å². The highest BCUT2D eigenvalue weighted by molar-refractivity contribution is 5.93. The molecule has 0 aromatic heterocycles. The zero-order valence-electron chi connectivity index (χ0n) is 24.7. The highest BCUT2D eigenvalue weighted by atomic mass is 16.2. The number of likely N-dealkylation sites (N-methyl/N-ethyl adjacent to an activating group) is 1. The summed E-state index contributed by atoms with van der Waals surface area (Å²) in [6.07, 6.45) is 5.00. The number of hydrogen-bond donors (Lipinski definition) is 1.